The number of amides is 1. The molecule has 0 aromatic heterocycles. The first-order chi connectivity index (χ1) is 14.8. The van der Waals surface area contributed by atoms with Crippen LogP contribution in [0.1, 0.15) is 12.5 Å². The largest absolute Gasteiger partial charge is 0.457 e. The quantitative estimate of drug-likeness (QED) is 0.526. The second-order valence-electron chi connectivity index (χ2n) is 7.32. The topological polar surface area (TPSA) is 66.9 Å². The molecule has 7 heteroatoms. The molecule has 0 bridgehead atoms. The third-order valence-electron chi connectivity index (χ3n) is 4.78. The van der Waals surface area contributed by atoms with Crippen molar-refractivity contribution in [1.82, 2.24) is 4.90 Å². The fraction of sp³-hybridized carbons (Fsp3) is 0.208. The predicted octanol–water partition coefficient (Wildman–Crippen LogP) is 4.29. The molecule has 0 radical (unpaired) electrons. The molecule has 1 amide bonds. The third kappa shape index (κ3) is 5.86. The van der Waals surface area contributed by atoms with Crippen LogP contribution in [0.2, 0.25) is 0 Å². The zero-order chi connectivity index (χ0) is 22.4. The van der Waals surface area contributed by atoms with Crippen molar-refractivity contribution in [2.45, 2.75) is 19.5 Å². The second kappa shape index (κ2) is 9.66. The van der Waals surface area contributed by atoms with Gasteiger partial charge in [0.2, 0.25) is 15.9 Å². The standard InChI is InChI=1S/C24H26N2O4S/c1-19(24(27)25(2)18-20-10-6-4-7-11-20)26(31(3,28)29)21-14-16-23(17-15-21)30-22-12-8-5-9-13-22/h4-17,19H,18H2,1-3H3. The van der Waals surface area contributed by atoms with Gasteiger partial charge in [0.05, 0.1) is 11.9 Å². The summed E-state index contributed by atoms with van der Waals surface area (Å²) in [6.45, 7) is 1.99. The van der Waals surface area contributed by atoms with Crippen molar-refractivity contribution in [1.29, 1.82) is 0 Å². The van der Waals surface area contributed by atoms with Crippen LogP contribution in [0.15, 0.2) is 84.9 Å². The van der Waals surface area contributed by atoms with Crippen LogP contribution < -0.4 is 9.04 Å². The average Bonchev–Trinajstić information content (AvgIpc) is 2.75. The van der Waals surface area contributed by atoms with Gasteiger partial charge in [-0.2, -0.15) is 0 Å². The molecule has 3 rings (SSSR count). The first kappa shape index (κ1) is 22.4. The number of benzene rings is 3. The van der Waals surface area contributed by atoms with E-state index in [1.165, 1.54) is 4.90 Å². The van der Waals surface area contributed by atoms with E-state index in [0.29, 0.717) is 23.7 Å². The lowest BCUT2D eigenvalue weighted by Gasteiger charge is -2.31. The molecule has 0 N–H and O–H groups in total. The van der Waals surface area contributed by atoms with Crippen molar-refractivity contribution >= 4 is 21.6 Å². The zero-order valence-corrected chi connectivity index (χ0v) is 18.6. The molecule has 31 heavy (non-hydrogen) atoms. The number of rotatable bonds is 8. The maximum atomic E-state index is 13.0. The van der Waals surface area contributed by atoms with Crippen LogP contribution in [0.5, 0.6) is 11.5 Å². The minimum Gasteiger partial charge on any atom is -0.457 e. The molecule has 6 nitrogen and oxygen atoms in total. The molecule has 0 fully saturated rings. The van der Waals surface area contributed by atoms with E-state index in [-0.39, 0.29) is 5.91 Å². The number of ether oxygens (including phenoxy) is 1. The summed E-state index contributed by atoms with van der Waals surface area (Å²) < 4.78 is 32.0. The van der Waals surface area contributed by atoms with Gasteiger partial charge in [0.15, 0.2) is 0 Å². The van der Waals surface area contributed by atoms with Crippen LogP contribution in [0.25, 0.3) is 0 Å². The van der Waals surface area contributed by atoms with E-state index in [4.69, 9.17) is 4.74 Å². The van der Waals surface area contributed by atoms with Crippen LogP contribution in [-0.2, 0) is 21.4 Å². The van der Waals surface area contributed by atoms with Crippen molar-refractivity contribution in [2.75, 3.05) is 17.6 Å². The van der Waals surface area contributed by atoms with Crippen molar-refractivity contribution in [2.24, 2.45) is 0 Å². The number of likely N-dealkylation sites (N-methyl/N-ethyl adjacent to an activating group) is 1. The smallest absolute Gasteiger partial charge is 0.246 e. The van der Waals surface area contributed by atoms with Gasteiger partial charge in [-0.25, -0.2) is 8.42 Å². The number of para-hydroxylation sites is 1. The Morgan fingerprint density at radius 3 is 1.94 bits per heavy atom. The van der Waals surface area contributed by atoms with Crippen molar-refractivity contribution in [3.05, 3.63) is 90.5 Å². The van der Waals surface area contributed by atoms with Crippen LogP contribution in [0, 0.1) is 0 Å². The van der Waals surface area contributed by atoms with Gasteiger partial charge in [0.25, 0.3) is 0 Å². The highest BCUT2D eigenvalue weighted by Gasteiger charge is 2.31. The summed E-state index contributed by atoms with van der Waals surface area (Å²) in [5.74, 6) is 0.962. The van der Waals surface area contributed by atoms with Gasteiger partial charge in [-0.3, -0.25) is 9.10 Å². The first-order valence-corrected chi connectivity index (χ1v) is 11.7. The van der Waals surface area contributed by atoms with E-state index in [0.717, 1.165) is 16.1 Å². The van der Waals surface area contributed by atoms with Gasteiger partial charge < -0.3 is 9.64 Å². The van der Waals surface area contributed by atoms with Crippen molar-refractivity contribution < 1.29 is 17.9 Å². The van der Waals surface area contributed by atoms with Gasteiger partial charge in [-0.15, -0.1) is 0 Å². The van der Waals surface area contributed by atoms with E-state index in [9.17, 15) is 13.2 Å². The molecule has 1 atom stereocenters. The number of carbonyl (C=O) groups is 1. The van der Waals surface area contributed by atoms with Gasteiger partial charge in [-0.1, -0.05) is 48.5 Å². The van der Waals surface area contributed by atoms with E-state index in [2.05, 4.69) is 0 Å². The maximum Gasteiger partial charge on any atom is 0.246 e. The number of nitrogens with zero attached hydrogens (tertiary/aromatic N) is 2. The van der Waals surface area contributed by atoms with Crippen molar-refractivity contribution in [3.8, 4) is 11.5 Å². The molecule has 0 saturated heterocycles. The molecule has 0 saturated carbocycles. The normalized spacial score (nSPS) is 12.1. The highest BCUT2D eigenvalue weighted by Crippen LogP contribution is 2.27. The predicted molar refractivity (Wildman–Crippen MR) is 123 cm³/mol. The molecule has 3 aromatic carbocycles. The first-order valence-electron chi connectivity index (χ1n) is 9.87. The van der Waals surface area contributed by atoms with Gasteiger partial charge in [0.1, 0.15) is 17.5 Å². The number of sulfonamides is 1. The Hall–Kier alpha value is -3.32. The molecule has 0 aliphatic carbocycles. The minimum absolute atomic E-state index is 0.293. The summed E-state index contributed by atoms with van der Waals surface area (Å²) in [6.07, 6.45) is 1.10. The molecule has 0 aliphatic rings. The summed E-state index contributed by atoms with van der Waals surface area (Å²) in [5.41, 5.74) is 1.37. The summed E-state index contributed by atoms with van der Waals surface area (Å²) in [4.78, 5) is 14.5. The van der Waals surface area contributed by atoms with Gasteiger partial charge in [0, 0.05) is 13.6 Å². The molecule has 0 aliphatic heterocycles. The average molecular weight is 439 g/mol. The fourth-order valence-corrected chi connectivity index (χ4v) is 4.51. The Morgan fingerprint density at radius 1 is 0.871 bits per heavy atom. The summed E-state index contributed by atoms with van der Waals surface area (Å²) in [6, 6.07) is 24.6. The van der Waals surface area contributed by atoms with E-state index < -0.39 is 16.1 Å². The van der Waals surface area contributed by atoms with Crippen LogP contribution in [0.3, 0.4) is 0 Å². The van der Waals surface area contributed by atoms with Gasteiger partial charge in [-0.05, 0) is 48.9 Å². The maximum absolute atomic E-state index is 13.0. The molecule has 3 aromatic rings. The third-order valence-corrected chi connectivity index (χ3v) is 6.02. The fourth-order valence-electron chi connectivity index (χ4n) is 3.34. The van der Waals surface area contributed by atoms with E-state index in [1.54, 1.807) is 38.2 Å². The Labute approximate surface area is 183 Å². The molecular formula is C24H26N2O4S. The van der Waals surface area contributed by atoms with Crippen LogP contribution in [-0.4, -0.2) is 38.6 Å². The lowest BCUT2D eigenvalue weighted by molar-refractivity contribution is -0.131. The Bertz CT molecular complexity index is 1100. The van der Waals surface area contributed by atoms with Gasteiger partial charge >= 0.3 is 0 Å². The summed E-state index contributed by atoms with van der Waals surface area (Å²) >= 11 is 0. The second-order valence-corrected chi connectivity index (χ2v) is 9.18. The number of hydrogen-bond acceptors (Lipinski definition) is 4. The summed E-state index contributed by atoms with van der Waals surface area (Å²) in [7, 11) is -2.03. The molecule has 162 valence electrons. The van der Waals surface area contributed by atoms with E-state index >= 15 is 0 Å². The lowest BCUT2D eigenvalue weighted by atomic mass is 10.2. The Morgan fingerprint density at radius 2 is 1.39 bits per heavy atom. The zero-order valence-electron chi connectivity index (χ0n) is 17.8. The monoisotopic (exact) mass is 438 g/mol. The van der Waals surface area contributed by atoms with Crippen LogP contribution in [0.4, 0.5) is 5.69 Å². The molecular weight excluding hydrogens is 412 g/mol. The minimum atomic E-state index is -3.70. The number of carbonyl (C=O) groups excluding carboxylic acids is 1. The van der Waals surface area contributed by atoms with Crippen LogP contribution >= 0.6 is 0 Å². The number of anilines is 1. The molecule has 1 unspecified atom stereocenters. The number of hydrogen-bond donors (Lipinski definition) is 0. The highest BCUT2D eigenvalue weighted by atomic mass is 32.2. The highest BCUT2D eigenvalue weighted by molar-refractivity contribution is 7.92. The van der Waals surface area contributed by atoms with Crippen molar-refractivity contribution in [3.63, 3.8) is 0 Å². The summed E-state index contributed by atoms with van der Waals surface area (Å²) in [5, 5.41) is 0. The Balaban J connectivity index is 1.78. The molecule has 0 heterocycles. The lowest BCUT2D eigenvalue weighted by Crippen LogP contribution is -2.48. The molecule has 0 spiro atoms. The van der Waals surface area contributed by atoms with E-state index in [1.807, 2.05) is 60.7 Å². The SMILES string of the molecule is CC(C(=O)N(C)Cc1ccccc1)N(c1ccc(Oc2ccccc2)cc1)S(C)(=O)=O. The Kier molecular flexibility index (Phi) is 6.97.